The molecular formula is C23H19ClF5N5O3S. The minimum absolute atomic E-state index is 0.0398. The lowest BCUT2D eigenvalue weighted by Gasteiger charge is -2.26. The van der Waals surface area contributed by atoms with Crippen LogP contribution in [0.3, 0.4) is 0 Å². The van der Waals surface area contributed by atoms with Crippen LogP contribution in [0.5, 0.6) is 0 Å². The number of carbonyl (C=O) groups excluding carboxylic acids is 1. The van der Waals surface area contributed by atoms with Crippen molar-refractivity contribution in [3.8, 4) is 11.3 Å². The first kappa shape index (κ1) is 27.9. The zero-order valence-corrected chi connectivity index (χ0v) is 21.1. The molecule has 0 amide bonds. The highest BCUT2D eigenvalue weighted by Crippen LogP contribution is 2.34. The first-order valence-corrected chi connectivity index (χ1v) is 13.0. The molecule has 3 aromatic rings. The maximum absolute atomic E-state index is 14.6. The largest absolute Gasteiger partial charge is 0.451 e. The highest BCUT2D eigenvalue weighted by molar-refractivity contribution is 7.89. The predicted octanol–water partition coefficient (Wildman–Crippen LogP) is 4.44. The Hall–Kier alpha value is -3.10. The van der Waals surface area contributed by atoms with E-state index in [0.29, 0.717) is 0 Å². The van der Waals surface area contributed by atoms with E-state index in [1.54, 1.807) is 0 Å². The molecule has 1 aliphatic rings. The summed E-state index contributed by atoms with van der Waals surface area (Å²) in [6, 6.07) is 2.95. The third-order valence-corrected chi connectivity index (χ3v) is 8.20. The number of Topliss-reactive ketones (excluding diaryl/α,β-unsaturated/α-hetero) is 1. The van der Waals surface area contributed by atoms with Crippen molar-refractivity contribution in [2.45, 2.75) is 55.5 Å². The van der Waals surface area contributed by atoms with Crippen LogP contribution in [0.2, 0.25) is 5.28 Å². The average Bonchev–Trinajstić information content (AvgIpc) is 3.17. The van der Waals surface area contributed by atoms with Crippen LogP contribution in [-0.2, 0) is 27.4 Å². The van der Waals surface area contributed by atoms with E-state index in [4.69, 9.17) is 11.6 Å². The number of alkyl halides is 4. The summed E-state index contributed by atoms with van der Waals surface area (Å²) in [6.45, 7) is 1.35. The zero-order chi connectivity index (χ0) is 27.8. The fourth-order valence-electron chi connectivity index (χ4n) is 4.11. The molecule has 3 atom stereocenters. The van der Waals surface area contributed by atoms with Gasteiger partial charge >= 0.3 is 6.18 Å². The van der Waals surface area contributed by atoms with E-state index in [1.165, 1.54) is 13.0 Å². The van der Waals surface area contributed by atoms with Crippen LogP contribution in [0.15, 0.2) is 47.6 Å². The van der Waals surface area contributed by atoms with Gasteiger partial charge in [0.2, 0.25) is 21.1 Å². The summed E-state index contributed by atoms with van der Waals surface area (Å²) in [5, 5.41) is -0.247. The summed E-state index contributed by atoms with van der Waals surface area (Å²) in [5.74, 6) is -2.55. The second-order valence-electron chi connectivity index (χ2n) is 8.57. The molecule has 8 nitrogen and oxygen atoms in total. The first-order chi connectivity index (χ1) is 17.8. The Labute approximate surface area is 219 Å². The quantitative estimate of drug-likeness (QED) is 0.303. The normalized spacial score (nSPS) is 20.6. The van der Waals surface area contributed by atoms with Gasteiger partial charge in [-0.2, -0.15) is 17.5 Å². The molecule has 1 fully saturated rings. The van der Waals surface area contributed by atoms with Gasteiger partial charge in [-0.3, -0.25) is 4.79 Å². The average molecular weight is 576 g/mol. The van der Waals surface area contributed by atoms with Crippen molar-refractivity contribution in [3.63, 3.8) is 0 Å². The molecule has 15 heteroatoms. The number of nitrogens with zero attached hydrogens (tertiary/aromatic N) is 5. The molecular weight excluding hydrogens is 557 g/mol. The van der Waals surface area contributed by atoms with Crippen LogP contribution < -0.4 is 0 Å². The summed E-state index contributed by atoms with van der Waals surface area (Å²) >= 11 is 5.95. The molecule has 0 unspecified atom stereocenters. The Morgan fingerprint density at radius 3 is 2.37 bits per heavy atom. The van der Waals surface area contributed by atoms with Gasteiger partial charge in [0, 0.05) is 36.5 Å². The molecule has 0 spiro atoms. The first-order valence-electron chi connectivity index (χ1n) is 11.2. The lowest BCUT2D eigenvalue weighted by molar-refractivity contribution is -0.145. The van der Waals surface area contributed by atoms with E-state index in [1.807, 2.05) is 0 Å². The molecule has 0 N–H and O–H groups in total. The number of hydrogen-bond donors (Lipinski definition) is 0. The Morgan fingerprint density at radius 2 is 1.76 bits per heavy atom. The number of rotatable bonds is 7. The van der Waals surface area contributed by atoms with Gasteiger partial charge in [-0.05, 0) is 55.3 Å². The number of aromatic nitrogens is 4. The zero-order valence-electron chi connectivity index (χ0n) is 19.5. The number of hydrogen-bond acceptors (Lipinski definition) is 7. The van der Waals surface area contributed by atoms with Gasteiger partial charge in [-0.1, -0.05) is 0 Å². The number of benzene rings is 1. The second kappa shape index (κ2) is 10.6. The van der Waals surface area contributed by atoms with Crippen LogP contribution in [0, 0.1) is 5.82 Å². The fourth-order valence-corrected chi connectivity index (χ4v) is 6.14. The maximum atomic E-state index is 14.6. The van der Waals surface area contributed by atoms with E-state index < -0.39 is 51.9 Å². The summed E-state index contributed by atoms with van der Waals surface area (Å²) < 4.78 is 93.3. The molecule has 4 rings (SSSR count). The second-order valence-corrected chi connectivity index (χ2v) is 10.8. The van der Waals surface area contributed by atoms with Crippen molar-refractivity contribution < 1.29 is 35.2 Å². The van der Waals surface area contributed by atoms with Crippen molar-refractivity contribution in [1.29, 1.82) is 0 Å². The third kappa shape index (κ3) is 5.81. The van der Waals surface area contributed by atoms with Crippen LogP contribution in [0.4, 0.5) is 22.0 Å². The van der Waals surface area contributed by atoms with Gasteiger partial charge in [0.25, 0.3) is 0 Å². The molecule has 0 aliphatic carbocycles. The third-order valence-electron chi connectivity index (χ3n) is 6.02. The molecule has 1 saturated heterocycles. The fraction of sp³-hybridized carbons (Fsp3) is 0.348. The van der Waals surface area contributed by atoms with Crippen molar-refractivity contribution in [1.82, 2.24) is 24.2 Å². The van der Waals surface area contributed by atoms with E-state index in [-0.39, 0.29) is 46.4 Å². The topological polar surface area (TPSA) is 106 Å². The van der Waals surface area contributed by atoms with E-state index in [2.05, 4.69) is 19.9 Å². The van der Waals surface area contributed by atoms with E-state index >= 15 is 0 Å². The van der Waals surface area contributed by atoms with Gasteiger partial charge in [0.05, 0.1) is 22.7 Å². The molecule has 0 radical (unpaired) electrons. The maximum Gasteiger partial charge on any atom is 0.451 e. The minimum Gasteiger partial charge on any atom is -0.298 e. The number of halogens is 6. The van der Waals surface area contributed by atoms with Gasteiger partial charge in [-0.15, -0.1) is 0 Å². The summed E-state index contributed by atoms with van der Waals surface area (Å²) in [4.78, 5) is 27.3. The van der Waals surface area contributed by atoms with Crippen molar-refractivity contribution in [2.75, 3.05) is 0 Å². The molecule has 0 saturated carbocycles. The number of sulfonamides is 1. The molecule has 38 heavy (non-hydrogen) atoms. The van der Waals surface area contributed by atoms with Gasteiger partial charge in [0.1, 0.15) is 12.0 Å². The minimum atomic E-state index is -4.72. The molecule has 1 aromatic carbocycles. The molecule has 202 valence electrons. The van der Waals surface area contributed by atoms with Crippen LogP contribution in [0.25, 0.3) is 11.3 Å². The lowest BCUT2D eigenvalue weighted by atomic mass is 10.0. The molecule has 1 aliphatic heterocycles. The van der Waals surface area contributed by atoms with Gasteiger partial charge in [0.15, 0.2) is 5.78 Å². The van der Waals surface area contributed by atoms with E-state index in [9.17, 15) is 35.2 Å². The number of carbonyl (C=O) groups is 1. The molecule has 3 heterocycles. The standard InChI is InChI=1S/C23H19ClF5N5O3S/c1-12-17(26)9-19(34(12)38(36,37)16-5-2-14(25)3-6-16)20(35)7-4-15-8-18(33-22(24)32-15)13-10-30-21(31-11-13)23(27,28)29/h2-3,5-6,8,10-12,17,19H,4,7,9H2,1H3/t12-,17+,19-/m0/s1. The summed E-state index contributed by atoms with van der Waals surface area (Å²) in [6.07, 6.45) is -5.11. The highest BCUT2D eigenvalue weighted by atomic mass is 35.5. The Morgan fingerprint density at radius 1 is 1.13 bits per heavy atom. The Balaban J connectivity index is 1.53. The predicted molar refractivity (Wildman–Crippen MR) is 125 cm³/mol. The molecule has 0 bridgehead atoms. The van der Waals surface area contributed by atoms with Gasteiger partial charge < -0.3 is 0 Å². The lowest BCUT2D eigenvalue weighted by Crippen LogP contribution is -2.44. The van der Waals surface area contributed by atoms with E-state index in [0.717, 1.165) is 41.0 Å². The van der Waals surface area contributed by atoms with Crippen molar-refractivity contribution in [3.05, 3.63) is 65.3 Å². The monoisotopic (exact) mass is 575 g/mol. The molecule has 2 aromatic heterocycles. The number of ketones is 1. The van der Waals surface area contributed by atoms with Crippen molar-refractivity contribution >= 4 is 27.4 Å². The summed E-state index contributed by atoms with van der Waals surface area (Å²) in [5.41, 5.74) is 0.473. The Kier molecular flexibility index (Phi) is 7.77. The van der Waals surface area contributed by atoms with Crippen LogP contribution >= 0.6 is 11.6 Å². The Bertz CT molecular complexity index is 1440. The highest BCUT2D eigenvalue weighted by Gasteiger charge is 2.48. The number of aryl methyl sites for hydroxylation is 1. The SMILES string of the molecule is C[C@H]1[C@H](F)C[C@@H](C(=O)CCc2cc(-c3cnc(C(F)(F)F)nc3)nc(Cl)n2)N1S(=O)(=O)c1ccc(F)cc1. The smallest absolute Gasteiger partial charge is 0.298 e. The van der Waals surface area contributed by atoms with Crippen LogP contribution in [0.1, 0.15) is 31.3 Å². The van der Waals surface area contributed by atoms with Crippen molar-refractivity contribution in [2.24, 2.45) is 0 Å². The van der Waals surface area contributed by atoms with Crippen LogP contribution in [-0.4, -0.2) is 56.7 Å². The van der Waals surface area contributed by atoms with Gasteiger partial charge in [-0.25, -0.2) is 37.1 Å². The summed E-state index contributed by atoms with van der Waals surface area (Å²) in [7, 11) is -4.31.